The molecule has 2 rings (SSSR count). The zero-order valence-electron chi connectivity index (χ0n) is 11.0. The molecule has 0 aliphatic heterocycles. The normalized spacial score (nSPS) is 11.7. The van der Waals surface area contributed by atoms with Crippen LogP contribution in [0.15, 0.2) is 37.6 Å². The van der Waals surface area contributed by atoms with Crippen LogP contribution < -0.4 is 10.5 Å². The lowest BCUT2D eigenvalue weighted by Gasteiger charge is -2.08. The van der Waals surface area contributed by atoms with E-state index in [4.69, 9.17) is 10.2 Å². The van der Waals surface area contributed by atoms with Crippen molar-refractivity contribution >= 4 is 27.5 Å². The smallest absolute Gasteiger partial charge is 0.281 e. The maximum atomic E-state index is 11.9. The first kappa shape index (κ1) is 14.8. The van der Waals surface area contributed by atoms with E-state index in [0.717, 1.165) is 11.8 Å². The second-order valence-electron chi connectivity index (χ2n) is 3.89. The Morgan fingerprint density at radius 2 is 2.15 bits per heavy atom. The maximum absolute atomic E-state index is 11.9. The summed E-state index contributed by atoms with van der Waals surface area (Å²) in [6, 6.07) is 4.48. The van der Waals surface area contributed by atoms with Crippen LogP contribution in [0, 0.1) is 6.92 Å². The average Bonchev–Trinajstić information content (AvgIpc) is 2.77. The summed E-state index contributed by atoms with van der Waals surface area (Å²) < 4.78 is 31.5. The Hall–Kier alpha value is -1.58. The Bertz CT molecular complexity index is 712. The lowest BCUT2D eigenvalue weighted by molar-refractivity contribution is 0.429. The molecule has 7 nitrogen and oxygen atoms in total. The Morgan fingerprint density at radius 1 is 1.40 bits per heavy atom. The molecule has 9 heteroatoms. The van der Waals surface area contributed by atoms with Crippen LogP contribution in [0.2, 0.25) is 0 Å². The van der Waals surface area contributed by atoms with Crippen molar-refractivity contribution in [3.63, 3.8) is 0 Å². The molecule has 2 aromatic rings. The molecule has 1 aromatic carbocycles. The number of nitrogens with one attached hydrogen (secondary N) is 1. The van der Waals surface area contributed by atoms with Crippen LogP contribution in [0.4, 0.5) is 5.69 Å². The van der Waals surface area contributed by atoms with Gasteiger partial charge in [0.25, 0.3) is 5.22 Å². The Balaban J connectivity index is 2.34. The Labute approximate surface area is 121 Å². The highest BCUT2D eigenvalue weighted by Crippen LogP contribution is 2.32. The topological polar surface area (TPSA) is 111 Å². The van der Waals surface area contributed by atoms with Crippen LogP contribution in [-0.4, -0.2) is 25.2 Å². The van der Waals surface area contributed by atoms with Gasteiger partial charge in [0.15, 0.2) is 0 Å². The Morgan fingerprint density at radius 3 is 2.75 bits per heavy atom. The van der Waals surface area contributed by atoms with Crippen molar-refractivity contribution in [1.82, 2.24) is 14.9 Å². The number of aromatic nitrogens is 2. The third-order valence-electron chi connectivity index (χ3n) is 2.33. The van der Waals surface area contributed by atoms with Crippen LogP contribution in [-0.2, 0) is 10.0 Å². The van der Waals surface area contributed by atoms with Crippen molar-refractivity contribution in [1.29, 1.82) is 0 Å². The SMILES string of the molecule is CCNS(=O)(=O)c1ccc(N)c(Sc2nnc(C)o2)c1. The summed E-state index contributed by atoms with van der Waals surface area (Å²) >= 11 is 1.13. The second kappa shape index (κ2) is 5.81. The molecule has 0 saturated heterocycles. The van der Waals surface area contributed by atoms with Gasteiger partial charge in [-0.3, -0.25) is 0 Å². The monoisotopic (exact) mass is 314 g/mol. The van der Waals surface area contributed by atoms with Gasteiger partial charge in [-0.05, 0) is 30.0 Å². The van der Waals surface area contributed by atoms with Gasteiger partial charge in [-0.25, -0.2) is 13.1 Å². The lowest BCUT2D eigenvalue weighted by atomic mass is 10.3. The predicted octanol–water partition coefficient (Wildman–Crippen LogP) is 1.41. The van der Waals surface area contributed by atoms with E-state index < -0.39 is 10.0 Å². The number of nitrogens with two attached hydrogens (primary N) is 1. The molecule has 3 N–H and O–H groups in total. The van der Waals surface area contributed by atoms with Crippen LogP contribution in [0.25, 0.3) is 0 Å². The quantitative estimate of drug-likeness (QED) is 0.802. The number of nitrogens with zero attached hydrogens (tertiary/aromatic N) is 2. The van der Waals surface area contributed by atoms with E-state index in [9.17, 15) is 8.42 Å². The molecule has 108 valence electrons. The van der Waals surface area contributed by atoms with Crippen molar-refractivity contribution < 1.29 is 12.8 Å². The number of anilines is 1. The van der Waals surface area contributed by atoms with Gasteiger partial charge in [-0.15, -0.1) is 10.2 Å². The fraction of sp³-hybridized carbons (Fsp3) is 0.273. The molecular formula is C11H14N4O3S2. The summed E-state index contributed by atoms with van der Waals surface area (Å²) in [6.45, 7) is 3.70. The fourth-order valence-corrected chi connectivity index (χ4v) is 3.40. The molecule has 0 spiro atoms. The maximum Gasteiger partial charge on any atom is 0.281 e. The molecule has 0 unspecified atom stereocenters. The third kappa shape index (κ3) is 3.30. The van der Waals surface area contributed by atoms with Gasteiger partial charge in [0.05, 0.1) is 4.90 Å². The number of hydrogen-bond acceptors (Lipinski definition) is 7. The van der Waals surface area contributed by atoms with E-state index in [1.807, 2.05) is 0 Å². The van der Waals surface area contributed by atoms with Gasteiger partial charge in [0, 0.05) is 24.1 Å². The van der Waals surface area contributed by atoms with E-state index >= 15 is 0 Å². The summed E-state index contributed by atoms with van der Waals surface area (Å²) in [5, 5.41) is 7.85. The number of aryl methyl sites for hydroxylation is 1. The van der Waals surface area contributed by atoms with Crippen molar-refractivity contribution in [2.75, 3.05) is 12.3 Å². The molecule has 0 aliphatic carbocycles. The van der Waals surface area contributed by atoms with E-state index in [1.54, 1.807) is 13.8 Å². The molecule has 0 bridgehead atoms. The zero-order chi connectivity index (χ0) is 14.8. The van der Waals surface area contributed by atoms with Crippen molar-refractivity contribution in [2.45, 2.75) is 28.9 Å². The van der Waals surface area contributed by atoms with Gasteiger partial charge in [-0.1, -0.05) is 6.92 Å². The van der Waals surface area contributed by atoms with E-state index in [-0.39, 0.29) is 4.90 Å². The number of nitrogen functional groups attached to an aromatic ring is 1. The summed E-state index contributed by atoms with van der Waals surface area (Å²) in [5.74, 6) is 0.433. The summed E-state index contributed by atoms with van der Waals surface area (Å²) in [7, 11) is -3.52. The molecule has 1 aromatic heterocycles. The van der Waals surface area contributed by atoms with Gasteiger partial charge >= 0.3 is 0 Å². The summed E-state index contributed by atoms with van der Waals surface area (Å²) in [5.41, 5.74) is 6.28. The van der Waals surface area contributed by atoms with Crippen LogP contribution in [0.1, 0.15) is 12.8 Å². The first-order valence-corrected chi connectivity index (χ1v) is 8.09. The zero-order valence-corrected chi connectivity index (χ0v) is 12.6. The number of hydrogen-bond donors (Lipinski definition) is 2. The molecule has 1 heterocycles. The first-order valence-electron chi connectivity index (χ1n) is 5.79. The van der Waals surface area contributed by atoms with E-state index in [1.165, 1.54) is 18.2 Å². The first-order chi connectivity index (χ1) is 9.42. The van der Waals surface area contributed by atoms with Crippen molar-refractivity contribution in [2.24, 2.45) is 0 Å². The highest BCUT2D eigenvalue weighted by molar-refractivity contribution is 7.99. The average molecular weight is 314 g/mol. The molecule has 0 aliphatic rings. The number of benzene rings is 1. The number of sulfonamides is 1. The van der Waals surface area contributed by atoms with Crippen molar-refractivity contribution in [3.8, 4) is 0 Å². The van der Waals surface area contributed by atoms with Crippen LogP contribution in [0.5, 0.6) is 0 Å². The van der Waals surface area contributed by atoms with Gasteiger partial charge in [0.1, 0.15) is 0 Å². The third-order valence-corrected chi connectivity index (χ3v) is 4.79. The second-order valence-corrected chi connectivity index (χ2v) is 6.65. The summed E-state index contributed by atoms with van der Waals surface area (Å²) in [4.78, 5) is 0.694. The van der Waals surface area contributed by atoms with Crippen molar-refractivity contribution in [3.05, 3.63) is 24.1 Å². The predicted molar refractivity (Wildman–Crippen MR) is 74.9 cm³/mol. The standard InChI is InChI=1S/C11H14N4O3S2/c1-3-13-20(16,17)8-4-5-9(12)10(6-8)19-11-15-14-7(2)18-11/h4-6,13H,3,12H2,1-2H3. The largest absolute Gasteiger partial charge is 0.416 e. The molecule has 0 atom stereocenters. The molecule has 0 saturated carbocycles. The molecular weight excluding hydrogens is 300 g/mol. The highest BCUT2D eigenvalue weighted by Gasteiger charge is 2.16. The fourth-order valence-electron chi connectivity index (χ4n) is 1.46. The molecule has 0 fully saturated rings. The van der Waals surface area contributed by atoms with Gasteiger partial charge in [-0.2, -0.15) is 0 Å². The summed E-state index contributed by atoms with van der Waals surface area (Å²) in [6.07, 6.45) is 0. The van der Waals surface area contributed by atoms with Gasteiger partial charge < -0.3 is 10.2 Å². The molecule has 0 amide bonds. The minimum Gasteiger partial charge on any atom is -0.416 e. The lowest BCUT2D eigenvalue weighted by Crippen LogP contribution is -2.23. The van der Waals surface area contributed by atoms with Gasteiger partial charge in [0.2, 0.25) is 15.9 Å². The Kier molecular flexibility index (Phi) is 4.31. The van der Waals surface area contributed by atoms with Crippen LogP contribution in [0.3, 0.4) is 0 Å². The van der Waals surface area contributed by atoms with Crippen LogP contribution >= 0.6 is 11.8 Å². The number of rotatable bonds is 5. The van der Waals surface area contributed by atoms with E-state index in [2.05, 4.69) is 14.9 Å². The van der Waals surface area contributed by atoms with E-state index in [0.29, 0.717) is 28.2 Å². The molecule has 20 heavy (non-hydrogen) atoms. The highest BCUT2D eigenvalue weighted by atomic mass is 32.2. The minimum absolute atomic E-state index is 0.146. The molecule has 0 radical (unpaired) electrons. The minimum atomic E-state index is -3.52.